The van der Waals surface area contributed by atoms with E-state index in [1.807, 2.05) is 19.1 Å². The first-order valence-corrected chi connectivity index (χ1v) is 7.60. The van der Waals surface area contributed by atoms with Crippen molar-refractivity contribution in [2.75, 3.05) is 20.7 Å². The Hall–Kier alpha value is -0.610. The van der Waals surface area contributed by atoms with Crippen LogP contribution < -0.4 is 5.32 Å². The maximum Gasteiger partial charge on any atom is 0.222 e. The minimum absolute atomic E-state index is 0.277. The normalized spacial score (nSPS) is 34.2. The lowest BCUT2D eigenvalue weighted by atomic mass is 9.58. The summed E-state index contributed by atoms with van der Waals surface area (Å²) in [6.07, 6.45) is 5.46. The Labute approximate surface area is 116 Å². The summed E-state index contributed by atoms with van der Waals surface area (Å²) >= 11 is 0. The second kappa shape index (κ2) is 5.80. The summed E-state index contributed by atoms with van der Waals surface area (Å²) in [5, 5.41) is 3.79. The maximum absolute atomic E-state index is 11.5. The summed E-state index contributed by atoms with van der Waals surface area (Å²) in [6, 6.07) is 0.988. The van der Waals surface area contributed by atoms with Gasteiger partial charge in [-0.3, -0.25) is 4.79 Å². The first kappa shape index (κ1) is 14.8. The number of nitrogens with zero attached hydrogens (tertiary/aromatic N) is 1. The zero-order valence-electron chi connectivity index (χ0n) is 12.7. The topological polar surface area (TPSA) is 41.6 Å². The molecule has 3 atom stereocenters. The lowest BCUT2D eigenvalue weighted by molar-refractivity contribution is -0.137. The maximum atomic E-state index is 11.5. The Kier molecular flexibility index (Phi) is 4.51. The number of nitrogens with one attached hydrogen (secondary N) is 1. The predicted molar refractivity (Wildman–Crippen MR) is 76.0 cm³/mol. The Morgan fingerprint density at radius 2 is 2.11 bits per heavy atom. The quantitative estimate of drug-likeness (QED) is 0.826. The van der Waals surface area contributed by atoms with Crippen molar-refractivity contribution in [3.8, 4) is 0 Å². The van der Waals surface area contributed by atoms with Gasteiger partial charge in [-0.25, -0.2) is 0 Å². The predicted octanol–water partition coefficient (Wildman–Crippen LogP) is 1.79. The summed E-state index contributed by atoms with van der Waals surface area (Å²) in [6.45, 7) is 5.37. The number of likely N-dealkylation sites (N-methyl/N-ethyl adjacent to an activating group) is 1. The van der Waals surface area contributed by atoms with Crippen LogP contribution in [0.3, 0.4) is 0 Å². The molecule has 1 aliphatic heterocycles. The van der Waals surface area contributed by atoms with Crippen LogP contribution in [0, 0.1) is 5.41 Å². The summed E-state index contributed by atoms with van der Waals surface area (Å²) in [7, 11) is 3.73. The number of likely N-dealkylation sites (tertiary alicyclic amines) is 1. The molecule has 0 bridgehead atoms. The molecule has 0 aromatic heterocycles. The van der Waals surface area contributed by atoms with Gasteiger partial charge in [-0.1, -0.05) is 13.8 Å². The summed E-state index contributed by atoms with van der Waals surface area (Å²) in [4.78, 5) is 13.4. The van der Waals surface area contributed by atoms with Crippen LogP contribution in [0.4, 0.5) is 0 Å². The molecule has 0 aromatic rings. The van der Waals surface area contributed by atoms with Crippen molar-refractivity contribution in [2.45, 2.75) is 64.1 Å². The van der Waals surface area contributed by atoms with Crippen LogP contribution in [-0.4, -0.2) is 49.7 Å². The van der Waals surface area contributed by atoms with Crippen LogP contribution in [0.2, 0.25) is 0 Å². The van der Waals surface area contributed by atoms with Gasteiger partial charge in [0.25, 0.3) is 0 Å². The zero-order chi connectivity index (χ0) is 14.0. The molecule has 1 amide bonds. The highest BCUT2D eigenvalue weighted by Gasteiger charge is 2.53. The second-order valence-electron chi connectivity index (χ2n) is 6.13. The third-order valence-electron chi connectivity index (χ3n) is 5.45. The van der Waals surface area contributed by atoms with Crippen LogP contribution in [0.25, 0.3) is 0 Å². The lowest BCUT2D eigenvalue weighted by Gasteiger charge is -2.56. The largest absolute Gasteiger partial charge is 0.381 e. The van der Waals surface area contributed by atoms with Gasteiger partial charge in [0, 0.05) is 44.6 Å². The van der Waals surface area contributed by atoms with E-state index >= 15 is 0 Å². The van der Waals surface area contributed by atoms with Crippen molar-refractivity contribution >= 4 is 5.91 Å². The fourth-order valence-electron chi connectivity index (χ4n) is 3.94. The molecular weight excluding hydrogens is 240 g/mol. The average Bonchev–Trinajstić information content (AvgIpc) is 2.40. The third-order valence-corrected chi connectivity index (χ3v) is 5.45. The highest BCUT2D eigenvalue weighted by molar-refractivity contribution is 5.76. The van der Waals surface area contributed by atoms with Crippen molar-refractivity contribution in [3.63, 3.8) is 0 Å². The van der Waals surface area contributed by atoms with E-state index in [2.05, 4.69) is 19.2 Å². The summed E-state index contributed by atoms with van der Waals surface area (Å²) < 4.78 is 5.64. The molecule has 0 unspecified atom stereocenters. The van der Waals surface area contributed by atoms with E-state index in [1.54, 1.807) is 0 Å². The minimum atomic E-state index is 0.277. The highest BCUT2D eigenvalue weighted by Crippen LogP contribution is 2.48. The van der Waals surface area contributed by atoms with E-state index in [0.29, 0.717) is 24.6 Å². The fraction of sp³-hybridized carbons (Fsp3) is 0.933. The van der Waals surface area contributed by atoms with E-state index in [1.165, 1.54) is 0 Å². The Balaban J connectivity index is 1.94. The first-order valence-electron chi connectivity index (χ1n) is 7.60. The molecule has 1 saturated carbocycles. The van der Waals surface area contributed by atoms with Gasteiger partial charge in [-0.2, -0.15) is 0 Å². The molecule has 19 heavy (non-hydrogen) atoms. The number of methoxy groups -OCH3 is 1. The van der Waals surface area contributed by atoms with Crippen LogP contribution in [0.5, 0.6) is 0 Å². The first-order chi connectivity index (χ1) is 9.07. The summed E-state index contributed by atoms with van der Waals surface area (Å²) in [5.74, 6) is 0.277. The molecule has 4 heteroatoms. The van der Waals surface area contributed by atoms with Crippen molar-refractivity contribution < 1.29 is 9.53 Å². The molecule has 0 aromatic carbocycles. The van der Waals surface area contributed by atoms with E-state index in [4.69, 9.17) is 4.74 Å². The molecule has 1 N–H and O–H groups in total. The second-order valence-corrected chi connectivity index (χ2v) is 6.13. The van der Waals surface area contributed by atoms with Crippen LogP contribution in [0.1, 0.15) is 46.0 Å². The molecule has 2 fully saturated rings. The van der Waals surface area contributed by atoms with Crippen LogP contribution in [0.15, 0.2) is 0 Å². The molecular formula is C15H28N2O2. The summed E-state index contributed by atoms with van der Waals surface area (Å²) in [5.41, 5.74) is 0.286. The number of carbonyl (C=O) groups is 1. The molecule has 1 aliphatic carbocycles. The smallest absolute Gasteiger partial charge is 0.222 e. The van der Waals surface area contributed by atoms with Gasteiger partial charge >= 0.3 is 0 Å². The van der Waals surface area contributed by atoms with Gasteiger partial charge in [0.1, 0.15) is 0 Å². The number of hydrogen-bond acceptors (Lipinski definition) is 3. The standard InChI is InChI=1S/C15H28N2O2/c1-5-15(6-2)12(9-13(15)19-4)16-11-7-8-14(18)17(3)10-11/h11-13,16H,5-10H2,1-4H3/t11-,12+,13+/m0/s1. The molecule has 1 heterocycles. The van der Waals surface area contributed by atoms with E-state index in [0.717, 1.165) is 32.2 Å². The Morgan fingerprint density at radius 1 is 1.42 bits per heavy atom. The molecule has 2 aliphatic rings. The number of rotatable bonds is 5. The molecule has 110 valence electrons. The van der Waals surface area contributed by atoms with Crippen molar-refractivity contribution in [1.29, 1.82) is 0 Å². The number of amides is 1. The molecule has 0 radical (unpaired) electrons. The zero-order valence-corrected chi connectivity index (χ0v) is 12.7. The van der Waals surface area contributed by atoms with E-state index in [9.17, 15) is 4.79 Å². The molecule has 1 saturated heterocycles. The van der Waals surface area contributed by atoms with Crippen molar-refractivity contribution in [3.05, 3.63) is 0 Å². The number of carbonyl (C=O) groups excluding carboxylic acids is 1. The molecule has 4 nitrogen and oxygen atoms in total. The Morgan fingerprint density at radius 3 is 2.63 bits per heavy atom. The van der Waals surface area contributed by atoms with Crippen LogP contribution in [-0.2, 0) is 9.53 Å². The average molecular weight is 268 g/mol. The minimum Gasteiger partial charge on any atom is -0.381 e. The number of piperidine rings is 1. The van der Waals surface area contributed by atoms with E-state index < -0.39 is 0 Å². The number of ether oxygens (including phenoxy) is 1. The lowest BCUT2D eigenvalue weighted by Crippen LogP contribution is -2.66. The molecule has 0 spiro atoms. The monoisotopic (exact) mass is 268 g/mol. The van der Waals surface area contributed by atoms with E-state index in [-0.39, 0.29) is 11.3 Å². The van der Waals surface area contributed by atoms with Gasteiger partial charge in [-0.05, 0) is 25.7 Å². The highest BCUT2D eigenvalue weighted by atomic mass is 16.5. The van der Waals surface area contributed by atoms with Crippen molar-refractivity contribution in [2.24, 2.45) is 5.41 Å². The van der Waals surface area contributed by atoms with Gasteiger partial charge in [0.05, 0.1) is 6.10 Å². The van der Waals surface area contributed by atoms with Gasteiger partial charge in [0.15, 0.2) is 0 Å². The third kappa shape index (κ3) is 2.52. The number of hydrogen-bond donors (Lipinski definition) is 1. The van der Waals surface area contributed by atoms with Crippen LogP contribution >= 0.6 is 0 Å². The van der Waals surface area contributed by atoms with Crippen molar-refractivity contribution in [1.82, 2.24) is 10.2 Å². The Bertz CT molecular complexity index is 328. The fourth-order valence-corrected chi connectivity index (χ4v) is 3.94. The van der Waals surface area contributed by atoms with Gasteiger partial charge < -0.3 is 15.0 Å². The molecule has 2 rings (SSSR count). The SMILES string of the molecule is CCC1(CC)[C@H](N[C@H]2CCC(=O)N(C)C2)C[C@H]1OC. The van der Waals surface area contributed by atoms with Gasteiger partial charge in [0.2, 0.25) is 5.91 Å². The van der Waals surface area contributed by atoms with Gasteiger partial charge in [-0.15, -0.1) is 0 Å².